The topological polar surface area (TPSA) is 71.3 Å². The fourth-order valence-electron chi connectivity index (χ4n) is 1.70. The summed E-state index contributed by atoms with van der Waals surface area (Å²) in [6.45, 7) is 1.17. The van der Waals surface area contributed by atoms with Crippen molar-refractivity contribution in [1.82, 2.24) is 15.3 Å². The van der Waals surface area contributed by atoms with Crippen LogP contribution in [0.5, 0.6) is 0 Å². The Kier molecular flexibility index (Phi) is 3.17. The van der Waals surface area contributed by atoms with Gasteiger partial charge < -0.3 is 4.90 Å². The van der Waals surface area contributed by atoms with E-state index in [0.717, 1.165) is 12.0 Å². The van der Waals surface area contributed by atoms with E-state index in [0.29, 0.717) is 18.9 Å². The highest BCUT2D eigenvalue weighted by Crippen LogP contribution is 2.15. The molecule has 1 aliphatic heterocycles. The fourth-order valence-corrected chi connectivity index (χ4v) is 1.70. The number of halogens is 1. The molecule has 0 unspecified atom stereocenters. The summed E-state index contributed by atoms with van der Waals surface area (Å²) in [6.07, 6.45) is 3.95. The largest absolute Gasteiger partial charge is 0.349 e. The predicted octanol–water partition coefficient (Wildman–Crippen LogP) is 1.05. The number of hydrogen-bond acceptors (Lipinski definition) is 4. The molecule has 2 heterocycles. The van der Waals surface area contributed by atoms with Gasteiger partial charge in [-0.1, -0.05) is 11.5 Å². The molecule has 7 heteroatoms. The van der Waals surface area contributed by atoms with Crippen LogP contribution in [0.1, 0.15) is 12.0 Å². The first-order chi connectivity index (χ1) is 8.15. The third kappa shape index (κ3) is 2.90. The van der Waals surface area contributed by atoms with Gasteiger partial charge in [-0.15, -0.1) is 0 Å². The van der Waals surface area contributed by atoms with Gasteiger partial charge in [0.05, 0.1) is 0 Å². The van der Waals surface area contributed by atoms with Crippen molar-refractivity contribution in [3.8, 4) is 0 Å². The van der Waals surface area contributed by atoms with E-state index in [2.05, 4.69) is 10.4 Å². The molecule has 0 atom stereocenters. The zero-order valence-corrected chi connectivity index (χ0v) is 8.97. The fraction of sp³-hybridized carbons (Fsp3) is 0.300. The van der Waals surface area contributed by atoms with Gasteiger partial charge in [0.1, 0.15) is 0 Å². The van der Waals surface area contributed by atoms with Crippen LogP contribution < -0.4 is 5.43 Å². The van der Waals surface area contributed by atoms with Crippen molar-refractivity contribution in [3.63, 3.8) is 0 Å². The molecule has 17 heavy (non-hydrogen) atoms. The minimum Gasteiger partial charge on any atom is -0.349 e. The summed E-state index contributed by atoms with van der Waals surface area (Å²) in [4.78, 5) is 15.7. The van der Waals surface area contributed by atoms with E-state index < -0.39 is 11.0 Å². The molecule has 0 bridgehead atoms. The Morgan fingerprint density at radius 1 is 1.59 bits per heavy atom. The summed E-state index contributed by atoms with van der Waals surface area (Å²) < 4.78 is 12.6. The maximum atomic E-state index is 12.6. The van der Waals surface area contributed by atoms with Crippen molar-refractivity contribution in [2.45, 2.75) is 13.0 Å². The van der Waals surface area contributed by atoms with Crippen molar-refractivity contribution in [1.29, 1.82) is 0 Å². The van der Waals surface area contributed by atoms with Gasteiger partial charge in [-0.3, -0.25) is 0 Å². The third-order valence-corrected chi connectivity index (χ3v) is 2.45. The van der Waals surface area contributed by atoms with Crippen LogP contribution >= 0.6 is 0 Å². The molecule has 6 nitrogen and oxygen atoms in total. The van der Waals surface area contributed by atoms with Gasteiger partial charge in [0.25, 0.3) is 0 Å². The van der Waals surface area contributed by atoms with Crippen LogP contribution in [0.3, 0.4) is 0 Å². The molecular formula is C10H11FN4O2. The molecule has 0 saturated heterocycles. The number of rotatable bonds is 4. The van der Waals surface area contributed by atoms with E-state index in [-0.39, 0.29) is 0 Å². The number of hydrogen-bond donors (Lipinski definition) is 1. The van der Waals surface area contributed by atoms with E-state index in [1.165, 1.54) is 12.3 Å². The Labute approximate surface area is 96.9 Å². The maximum Gasteiger partial charge on any atom is 0.212 e. The second kappa shape index (κ2) is 4.77. The van der Waals surface area contributed by atoms with Crippen LogP contribution in [0.4, 0.5) is 4.39 Å². The SMILES string of the molecule is O=[N+]([O-])NC1=CCCN1Cc1ccc(F)nc1. The molecule has 0 aromatic carbocycles. The van der Waals surface area contributed by atoms with Crippen molar-refractivity contribution in [2.24, 2.45) is 0 Å². The van der Waals surface area contributed by atoms with E-state index in [1.807, 2.05) is 4.90 Å². The Bertz CT molecular complexity index is 446. The van der Waals surface area contributed by atoms with Crippen LogP contribution in [0.15, 0.2) is 30.2 Å². The molecule has 90 valence electrons. The Hall–Kier alpha value is -2.18. The molecule has 0 amide bonds. The lowest BCUT2D eigenvalue weighted by Crippen LogP contribution is -2.31. The van der Waals surface area contributed by atoms with Gasteiger partial charge in [0.2, 0.25) is 5.95 Å². The molecule has 1 N–H and O–H groups in total. The van der Waals surface area contributed by atoms with Gasteiger partial charge in [-0.25, -0.2) is 15.1 Å². The number of nitrogens with zero attached hydrogens (tertiary/aromatic N) is 3. The Morgan fingerprint density at radius 2 is 2.41 bits per heavy atom. The molecule has 0 radical (unpaired) electrons. The summed E-state index contributed by atoms with van der Waals surface area (Å²) in [7, 11) is 0. The van der Waals surface area contributed by atoms with Gasteiger partial charge in [-0.2, -0.15) is 4.39 Å². The molecule has 1 aromatic rings. The second-order valence-corrected chi connectivity index (χ2v) is 3.66. The molecule has 0 aliphatic carbocycles. The lowest BCUT2D eigenvalue weighted by Gasteiger charge is -2.19. The van der Waals surface area contributed by atoms with E-state index in [9.17, 15) is 14.5 Å². The second-order valence-electron chi connectivity index (χ2n) is 3.66. The molecule has 2 rings (SSSR count). The first kappa shape index (κ1) is 11.3. The molecule has 0 spiro atoms. The molecule has 0 saturated carbocycles. The summed E-state index contributed by atoms with van der Waals surface area (Å²) in [5, 5.41) is 9.77. The van der Waals surface area contributed by atoms with Crippen LogP contribution in [-0.2, 0) is 6.54 Å². The van der Waals surface area contributed by atoms with Crippen LogP contribution in [0.25, 0.3) is 0 Å². The predicted molar refractivity (Wildman–Crippen MR) is 57.4 cm³/mol. The van der Waals surface area contributed by atoms with Gasteiger partial charge in [0, 0.05) is 19.3 Å². The average molecular weight is 238 g/mol. The Morgan fingerprint density at radius 3 is 3.06 bits per heavy atom. The number of hydrazine groups is 1. The minimum absolute atomic E-state index is 0.472. The minimum atomic E-state index is -0.590. The molecule has 0 fully saturated rings. The van der Waals surface area contributed by atoms with E-state index in [1.54, 1.807) is 12.1 Å². The molecule has 1 aliphatic rings. The first-order valence-electron chi connectivity index (χ1n) is 5.12. The van der Waals surface area contributed by atoms with Crippen molar-refractivity contribution >= 4 is 0 Å². The number of pyridine rings is 1. The summed E-state index contributed by atoms with van der Waals surface area (Å²) in [5.41, 5.74) is 2.95. The quantitative estimate of drug-likeness (QED) is 0.482. The monoisotopic (exact) mass is 238 g/mol. The van der Waals surface area contributed by atoms with Gasteiger partial charge >= 0.3 is 0 Å². The molecule has 1 aromatic heterocycles. The van der Waals surface area contributed by atoms with Gasteiger partial charge in [-0.05, 0) is 24.1 Å². The van der Waals surface area contributed by atoms with Crippen molar-refractivity contribution in [3.05, 3.63) is 51.9 Å². The zero-order chi connectivity index (χ0) is 12.3. The highest BCUT2D eigenvalue weighted by Gasteiger charge is 2.18. The molecular weight excluding hydrogens is 227 g/mol. The zero-order valence-electron chi connectivity index (χ0n) is 8.97. The lowest BCUT2D eigenvalue weighted by atomic mass is 10.2. The van der Waals surface area contributed by atoms with Crippen LogP contribution in [-0.4, -0.2) is 21.5 Å². The first-order valence-corrected chi connectivity index (χ1v) is 5.12. The van der Waals surface area contributed by atoms with Crippen LogP contribution in [0.2, 0.25) is 0 Å². The van der Waals surface area contributed by atoms with Crippen molar-refractivity contribution in [2.75, 3.05) is 6.54 Å². The smallest absolute Gasteiger partial charge is 0.212 e. The normalized spacial score (nSPS) is 14.6. The van der Waals surface area contributed by atoms with Crippen molar-refractivity contribution < 1.29 is 9.42 Å². The number of aromatic nitrogens is 1. The van der Waals surface area contributed by atoms with E-state index >= 15 is 0 Å². The van der Waals surface area contributed by atoms with Crippen LogP contribution in [0, 0.1) is 16.1 Å². The lowest BCUT2D eigenvalue weighted by molar-refractivity contribution is -0.538. The Balaban J connectivity index is 2.01. The highest BCUT2D eigenvalue weighted by atomic mass is 19.1. The third-order valence-electron chi connectivity index (χ3n) is 2.45. The maximum absolute atomic E-state index is 12.6. The number of nitro groups is 1. The number of nitrogens with one attached hydrogen (secondary N) is 1. The van der Waals surface area contributed by atoms with E-state index in [4.69, 9.17) is 0 Å². The summed E-state index contributed by atoms with van der Waals surface area (Å²) in [5.74, 6) is -0.0614. The summed E-state index contributed by atoms with van der Waals surface area (Å²) in [6, 6.07) is 2.89. The van der Waals surface area contributed by atoms with Gasteiger partial charge in [0.15, 0.2) is 10.9 Å². The highest BCUT2D eigenvalue weighted by molar-refractivity contribution is 5.13. The standard InChI is InChI=1S/C10H11FN4O2/c11-9-4-3-8(6-12-9)7-14-5-1-2-10(14)13-15(16)17/h2-4,6,13H,1,5,7H2. The average Bonchev–Trinajstić information content (AvgIpc) is 2.68. The summed E-state index contributed by atoms with van der Waals surface area (Å²) >= 11 is 0.